The van der Waals surface area contributed by atoms with E-state index >= 15 is 0 Å². The highest BCUT2D eigenvalue weighted by Crippen LogP contribution is 2.41. The average molecular weight is 415 g/mol. The molecular formula is C21H16Cl2N2O3. The number of methoxy groups -OCH3 is 1. The van der Waals surface area contributed by atoms with Gasteiger partial charge in [0.2, 0.25) is 5.88 Å². The molecule has 0 saturated heterocycles. The van der Waals surface area contributed by atoms with Gasteiger partial charge < -0.3 is 9.47 Å². The molecule has 1 heterocycles. The lowest BCUT2D eigenvalue weighted by molar-refractivity contribution is -0.135. The van der Waals surface area contributed by atoms with Crippen LogP contribution in [0.3, 0.4) is 0 Å². The molecule has 0 radical (unpaired) electrons. The van der Waals surface area contributed by atoms with Gasteiger partial charge in [-0.25, -0.2) is 4.79 Å². The zero-order valence-electron chi connectivity index (χ0n) is 15.2. The highest BCUT2D eigenvalue weighted by Gasteiger charge is 2.23. The third-order valence-corrected chi connectivity index (χ3v) is 4.74. The SMILES string of the molecule is CCOc1c(/C=C(/C#N)C(=O)OC)c2ccccc2n1-c1c(Cl)cccc1Cl. The molecule has 7 heteroatoms. The van der Waals surface area contributed by atoms with Gasteiger partial charge in [-0.2, -0.15) is 5.26 Å². The molecule has 0 bridgehead atoms. The van der Waals surface area contributed by atoms with Crippen LogP contribution in [0.15, 0.2) is 48.0 Å². The third kappa shape index (κ3) is 3.45. The molecule has 0 atom stereocenters. The molecule has 0 aliphatic carbocycles. The Morgan fingerprint density at radius 2 is 1.86 bits per heavy atom. The van der Waals surface area contributed by atoms with Gasteiger partial charge in [-0.15, -0.1) is 0 Å². The number of esters is 1. The summed E-state index contributed by atoms with van der Waals surface area (Å²) in [6, 6.07) is 14.6. The fourth-order valence-electron chi connectivity index (χ4n) is 2.98. The Kier molecular flexibility index (Phi) is 5.93. The van der Waals surface area contributed by atoms with Crippen molar-refractivity contribution in [2.45, 2.75) is 6.92 Å². The standard InChI is InChI=1S/C21H16Cl2N2O3/c1-3-28-20-15(11-13(12-24)21(26)27-2)14-7-4-5-10-18(14)25(20)19-16(22)8-6-9-17(19)23/h4-11H,3H2,1-2H3/b13-11-. The maximum atomic E-state index is 11.9. The van der Waals surface area contributed by atoms with Gasteiger partial charge in [0.05, 0.1) is 35.0 Å². The first-order valence-corrected chi connectivity index (χ1v) is 9.19. The van der Waals surface area contributed by atoms with Crippen LogP contribution in [-0.2, 0) is 9.53 Å². The van der Waals surface area contributed by atoms with Crippen LogP contribution in [0.1, 0.15) is 12.5 Å². The molecule has 0 amide bonds. The zero-order chi connectivity index (χ0) is 20.3. The average Bonchev–Trinajstić information content (AvgIpc) is 2.99. The van der Waals surface area contributed by atoms with Crippen molar-refractivity contribution in [3.8, 4) is 17.6 Å². The summed E-state index contributed by atoms with van der Waals surface area (Å²) >= 11 is 12.9. The quantitative estimate of drug-likeness (QED) is 0.317. The van der Waals surface area contributed by atoms with E-state index in [1.807, 2.05) is 37.3 Å². The number of halogens is 2. The normalized spacial score (nSPS) is 11.3. The number of hydrogen-bond acceptors (Lipinski definition) is 4. The maximum absolute atomic E-state index is 11.9. The number of ether oxygens (including phenoxy) is 2. The first-order valence-electron chi connectivity index (χ1n) is 8.44. The van der Waals surface area contributed by atoms with Crippen molar-refractivity contribution >= 4 is 46.2 Å². The van der Waals surface area contributed by atoms with Crippen molar-refractivity contribution in [2.24, 2.45) is 0 Å². The van der Waals surface area contributed by atoms with Crippen LogP contribution in [-0.4, -0.2) is 24.3 Å². The molecule has 1 aromatic heterocycles. The number of nitrogens with zero attached hydrogens (tertiary/aromatic N) is 2. The predicted octanol–water partition coefficient (Wildman–Crippen LogP) is 5.42. The van der Waals surface area contributed by atoms with Gasteiger partial charge in [-0.1, -0.05) is 47.5 Å². The molecule has 0 saturated carbocycles. The smallest absolute Gasteiger partial charge is 0.348 e. The van der Waals surface area contributed by atoms with E-state index in [2.05, 4.69) is 0 Å². The summed E-state index contributed by atoms with van der Waals surface area (Å²) in [5.41, 5.74) is 1.75. The van der Waals surface area contributed by atoms with Gasteiger partial charge >= 0.3 is 5.97 Å². The number of rotatable bonds is 5. The molecule has 142 valence electrons. The molecule has 0 N–H and O–H groups in total. The van der Waals surface area contributed by atoms with Crippen LogP contribution < -0.4 is 4.74 Å². The molecule has 0 spiro atoms. The number of hydrogen-bond donors (Lipinski definition) is 0. The Bertz CT molecular complexity index is 1110. The second-order valence-electron chi connectivity index (χ2n) is 5.74. The van der Waals surface area contributed by atoms with Gasteiger partial charge in [0.1, 0.15) is 11.6 Å². The summed E-state index contributed by atoms with van der Waals surface area (Å²) in [5, 5.41) is 11.0. The van der Waals surface area contributed by atoms with Crippen molar-refractivity contribution in [3.63, 3.8) is 0 Å². The van der Waals surface area contributed by atoms with Crippen molar-refractivity contribution in [3.05, 3.63) is 63.6 Å². The summed E-state index contributed by atoms with van der Waals surface area (Å²) in [5.74, 6) is -0.298. The second-order valence-corrected chi connectivity index (χ2v) is 6.55. The maximum Gasteiger partial charge on any atom is 0.348 e. The number of aromatic nitrogens is 1. The monoisotopic (exact) mass is 414 g/mol. The van der Waals surface area contributed by atoms with Gasteiger partial charge in [0.25, 0.3) is 0 Å². The van der Waals surface area contributed by atoms with E-state index in [1.54, 1.807) is 22.8 Å². The Hall–Kier alpha value is -2.94. The van der Waals surface area contributed by atoms with E-state index in [0.29, 0.717) is 33.8 Å². The largest absolute Gasteiger partial charge is 0.478 e. The van der Waals surface area contributed by atoms with Crippen LogP contribution in [0.2, 0.25) is 10.0 Å². The lowest BCUT2D eigenvalue weighted by atomic mass is 10.1. The van der Waals surface area contributed by atoms with Crippen molar-refractivity contribution in [1.82, 2.24) is 4.57 Å². The molecule has 0 fully saturated rings. The summed E-state index contributed by atoms with van der Waals surface area (Å²) in [6.45, 7) is 2.20. The summed E-state index contributed by atoms with van der Waals surface area (Å²) < 4.78 is 12.4. The van der Waals surface area contributed by atoms with E-state index < -0.39 is 5.97 Å². The van der Waals surface area contributed by atoms with Crippen LogP contribution in [0.4, 0.5) is 0 Å². The minimum Gasteiger partial charge on any atom is -0.478 e. The van der Waals surface area contributed by atoms with Gasteiger partial charge in [-0.05, 0) is 31.2 Å². The number of para-hydroxylation sites is 2. The van der Waals surface area contributed by atoms with E-state index in [9.17, 15) is 10.1 Å². The number of benzene rings is 2. The molecule has 3 aromatic rings. The molecule has 0 unspecified atom stereocenters. The van der Waals surface area contributed by atoms with Gasteiger partial charge in [0, 0.05) is 10.9 Å². The molecular weight excluding hydrogens is 399 g/mol. The molecule has 5 nitrogen and oxygen atoms in total. The second kappa shape index (κ2) is 8.39. The molecule has 2 aromatic carbocycles. The first-order chi connectivity index (χ1) is 13.5. The fourth-order valence-corrected chi connectivity index (χ4v) is 3.54. The Labute approximate surface area is 172 Å². The fraction of sp³-hybridized carbons (Fsp3) is 0.143. The van der Waals surface area contributed by atoms with Crippen molar-refractivity contribution in [2.75, 3.05) is 13.7 Å². The van der Waals surface area contributed by atoms with Crippen LogP contribution in [0.25, 0.3) is 22.7 Å². The minimum atomic E-state index is -0.724. The molecule has 3 rings (SSSR count). The van der Waals surface area contributed by atoms with Crippen molar-refractivity contribution in [1.29, 1.82) is 5.26 Å². The van der Waals surface area contributed by atoms with Gasteiger partial charge in [0.15, 0.2) is 0 Å². The van der Waals surface area contributed by atoms with Gasteiger partial charge in [-0.3, -0.25) is 4.57 Å². The third-order valence-electron chi connectivity index (χ3n) is 4.13. The summed E-state index contributed by atoms with van der Waals surface area (Å²) in [4.78, 5) is 11.9. The van der Waals surface area contributed by atoms with Crippen LogP contribution >= 0.6 is 23.2 Å². The minimum absolute atomic E-state index is 0.142. The van der Waals surface area contributed by atoms with E-state index in [-0.39, 0.29) is 5.57 Å². The van der Waals surface area contributed by atoms with Crippen LogP contribution in [0, 0.1) is 11.3 Å². The molecule has 28 heavy (non-hydrogen) atoms. The summed E-state index contributed by atoms with van der Waals surface area (Å²) in [7, 11) is 1.23. The summed E-state index contributed by atoms with van der Waals surface area (Å²) in [6.07, 6.45) is 1.46. The zero-order valence-corrected chi connectivity index (χ0v) is 16.7. The lowest BCUT2D eigenvalue weighted by Crippen LogP contribution is -2.05. The Balaban J connectivity index is 2.44. The molecule has 0 aliphatic rings. The van der Waals surface area contributed by atoms with Crippen molar-refractivity contribution < 1.29 is 14.3 Å². The van der Waals surface area contributed by atoms with E-state index in [0.717, 1.165) is 10.9 Å². The van der Waals surface area contributed by atoms with E-state index in [1.165, 1.54) is 13.2 Å². The predicted molar refractivity (Wildman–Crippen MR) is 110 cm³/mol. The topological polar surface area (TPSA) is 64.2 Å². The Morgan fingerprint density at radius 3 is 2.46 bits per heavy atom. The highest BCUT2D eigenvalue weighted by atomic mass is 35.5. The number of carbonyl (C=O) groups is 1. The van der Waals surface area contributed by atoms with E-state index in [4.69, 9.17) is 32.7 Å². The number of fused-ring (bicyclic) bond motifs is 1. The lowest BCUT2D eigenvalue weighted by Gasteiger charge is -2.14. The highest BCUT2D eigenvalue weighted by molar-refractivity contribution is 6.38. The number of nitriles is 1. The number of carbonyl (C=O) groups excluding carboxylic acids is 1. The molecule has 0 aliphatic heterocycles. The first kappa shape index (κ1) is 19.8. The van der Waals surface area contributed by atoms with Crippen LogP contribution in [0.5, 0.6) is 5.88 Å². The Morgan fingerprint density at radius 1 is 1.18 bits per heavy atom.